The molecular weight excluding hydrogens is 168 g/mol. The molecule has 0 spiro atoms. The Bertz CT molecular complexity index is 176. The normalized spacial score (nSPS) is 30.5. The molecule has 0 N–H and O–H groups in total. The van der Waals surface area contributed by atoms with Crippen LogP contribution in [0.4, 0.5) is 8.78 Å². The van der Waals surface area contributed by atoms with Gasteiger partial charge in [-0.05, 0) is 17.9 Å². The van der Waals surface area contributed by atoms with Gasteiger partial charge in [-0.25, -0.2) is 8.78 Å². The van der Waals surface area contributed by atoms with Crippen molar-refractivity contribution in [1.82, 2.24) is 0 Å². The van der Waals surface area contributed by atoms with Crippen molar-refractivity contribution < 1.29 is 8.78 Å². The average molecular weight is 177 g/mol. The van der Waals surface area contributed by atoms with Gasteiger partial charge < -0.3 is 0 Å². The van der Waals surface area contributed by atoms with E-state index in [2.05, 4.69) is 0 Å². The predicted molar refractivity (Wildman–Crippen MR) is 40.6 cm³/mol. The van der Waals surface area contributed by atoms with E-state index in [1.807, 2.05) is 0 Å². The van der Waals surface area contributed by atoms with Crippen LogP contribution in [0.2, 0.25) is 0 Å². The van der Waals surface area contributed by atoms with Crippen LogP contribution >= 0.6 is 11.8 Å². The van der Waals surface area contributed by atoms with E-state index >= 15 is 0 Å². The molecule has 1 saturated heterocycles. The zero-order chi connectivity index (χ0) is 8.32. The Balaban J connectivity index is 2.65. The fourth-order valence-electron chi connectivity index (χ4n) is 1.06. The molecule has 4 heteroatoms. The number of nitrogens with zero attached hydrogens (tertiary/aromatic N) is 1. The first-order valence-corrected chi connectivity index (χ1v) is 4.67. The van der Waals surface area contributed by atoms with Gasteiger partial charge >= 0.3 is 0 Å². The minimum Gasteiger partial charge on any atom is -0.205 e. The van der Waals surface area contributed by atoms with Gasteiger partial charge in [-0.15, -0.1) is 0 Å². The topological polar surface area (TPSA) is 23.8 Å². The second-order valence-electron chi connectivity index (χ2n) is 2.59. The molecule has 1 heterocycles. The van der Waals surface area contributed by atoms with E-state index in [1.54, 1.807) is 6.07 Å². The molecule has 0 radical (unpaired) electrons. The molecule has 1 rings (SSSR count). The van der Waals surface area contributed by atoms with Crippen LogP contribution in [0.3, 0.4) is 0 Å². The maximum Gasteiger partial charge on any atom is 0.264 e. The highest BCUT2D eigenvalue weighted by Crippen LogP contribution is 2.35. The summed E-state index contributed by atoms with van der Waals surface area (Å²) < 4.78 is 25.8. The maximum absolute atomic E-state index is 12.9. The van der Waals surface area contributed by atoms with Crippen LogP contribution in [-0.2, 0) is 0 Å². The van der Waals surface area contributed by atoms with Gasteiger partial charge in [0.1, 0.15) is 5.92 Å². The monoisotopic (exact) mass is 177 g/mol. The number of halogens is 2. The summed E-state index contributed by atoms with van der Waals surface area (Å²) in [5.41, 5.74) is 0. The molecule has 62 valence electrons. The summed E-state index contributed by atoms with van der Waals surface area (Å²) in [4.78, 5) is 0. The highest BCUT2D eigenvalue weighted by atomic mass is 32.2. The van der Waals surface area contributed by atoms with Crippen LogP contribution < -0.4 is 0 Å². The van der Waals surface area contributed by atoms with Gasteiger partial charge in [0.05, 0.1) is 6.07 Å². The Morgan fingerprint density at radius 1 is 1.45 bits per heavy atom. The summed E-state index contributed by atoms with van der Waals surface area (Å²) in [5, 5.41) is 8.41. The van der Waals surface area contributed by atoms with Crippen LogP contribution in [0.25, 0.3) is 0 Å². The van der Waals surface area contributed by atoms with Crippen molar-refractivity contribution in [1.29, 1.82) is 5.26 Å². The third-order valence-electron chi connectivity index (χ3n) is 1.80. The number of nitriles is 1. The molecule has 1 nitrogen and oxygen atoms in total. The van der Waals surface area contributed by atoms with Gasteiger partial charge in [0.2, 0.25) is 0 Å². The first kappa shape index (κ1) is 8.79. The molecule has 0 aromatic heterocycles. The Morgan fingerprint density at radius 3 is 2.82 bits per heavy atom. The number of hydrogen-bond donors (Lipinski definition) is 0. The minimum absolute atomic E-state index is 0.143. The minimum atomic E-state index is -2.75. The first-order chi connectivity index (χ1) is 5.17. The molecule has 1 fully saturated rings. The van der Waals surface area contributed by atoms with E-state index in [1.165, 1.54) is 11.8 Å². The zero-order valence-electron chi connectivity index (χ0n) is 6.02. The molecule has 1 aliphatic heterocycles. The van der Waals surface area contributed by atoms with Crippen molar-refractivity contribution in [3.63, 3.8) is 0 Å². The van der Waals surface area contributed by atoms with Crippen molar-refractivity contribution in [2.75, 3.05) is 11.5 Å². The van der Waals surface area contributed by atoms with Gasteiger partial charge in [0.15, 0.2) is 0 Å². The van der Waals surface area contributed by atoms with Gasteiger partial charge in [-0.1, -0.05) is 0 Å². The summed E-state index contributed by atoms with van der Waals surface area (Å²) in [6.45, 7) is 0. The summed E-state index contributed by atoms with van der Waals surface area (Å²) in [5.74, 6) is -2.64. The Hall–Kier alpha value is -0.300. The van der Waals surface area contributed by atoms with Crippen molar-refractivity contribution in [3.05, 3.63) is 0 Å². The largest absolute Gasteiger partial charge is 0.264 e. The molecule has 1 aliphatic rings. The first-order valence-electron chi connectivity index (χ1n) is 3.52. The molecule has 1 atom stereocenters. The maximum atomic E-state index is 12.9. The van der Waals surface area contributed by atoms with Crippen molar-refractivity contribution >= 4 is 11.8 Å². The molecule has 0 aromatic carbocycles. The summed E-state index contributed by atoms with van der Waals surface area (Å²) in [6, 6.07) is 1.67. The summed E-state index contributed by atoms with van der Waals surface area (Å²) >= 11 is 1.51. The third kappa shape index (κ3) is 2.06. The number of alkyl halides is 2. The second kappa shape index (κ2) is 3.40. The van der Waals surface area contributed by atoms with Crippen LogP contribution in [0, 0.1) is 17.2 Å². The molecule has 1 unspecified atom stereocenters. The quantitative estimate of drug-likeness (QED) is 0.566. The fourth-order valence-corrected chi connectivity index (χ4v) is 2.08. The Kier molecular flexibility index (Phi) is 2.72. The zero-order valence-corrected chi connectivity index (χ0v) is 6.83. The van der Waals surface area contributed by atoms with E-state index in [0.717, 1.165) is 0 Å². The number of thioether (sulfide) groups is 1. The summed E-state index contributed by atoms with van der Waals surface area (Å²) in [6.07, 6.45) is 0.185. The molecule has 0 aliphatic carbocycles. The van der Waals surface area contributed by atoms with Gasteiger partial charge in [0, 0.05) is 6.42 Å². The lowest BCUT2D eigenvalue weighted by molar-refractivity contribution is -0.0390. The van der Waals surface area contributed by atoms with Gasteiger partial charge in [0.25, 0.3) is 5.92 Å². The lowest BCUT2D eigenvalue weighted by Gasteiger charge is -2.17. The molecule has 0 bridgehead atoms. The van der Waals surface area contributed by atoms with E-state index in [4.69, 9.17) is 5.26 Å². The van der Waals surface area contributed by atoms with Crippen molar-refractivity contribution in [2.24, 2.45) is 5.92 Å². The lowest BCUT2D eigenvalue weighted by atomic mass is 9.98. The molecule has 0 aromatic rings. The van der Waals surface area contributed by atoms with E-state index in [-0.39, 0.29) is 6.42 Å². The Labute approximate surface area is 68.8 Å². The van der Waals surface area contributed by atoms with E-state index < -0.39 is 11.8 Å². The molecule has 11 heavy (non-hydrogen) atoms. The highest BCUT2D eigenvalue weighted by Gasteiger charge is 2.40. The standard InChI is InChI=1S/C7H9F2NS/c8-7(9)2-4-11-3-1-6(7)5-10/h6H,1-4H2. The Morgan fingerprint density at radius 2 is 2.18 bits per heavy atom. The number of rotatable bonds is 0. The SMILES string of the molecule is N#CC1CCSCCC1(F)F. The van der Waals surface area contributed by atoms with Crippen LogP contribution in [0.5, 0.6) is 0 Å². The highest BCUT2D eigenvalue weighted by molar-refractivity contribution is 7.99. The van der Waals surface area contributed by atoms with Crippen LogP contribution in [0.15, 0.2) is 0 Å². The van der Waals surface area contributed by atoms with Crippen molar-refractivity contribution in [3.8, 4) is 6.07 Å². The molecular formula is C7H9F2NS. The van der Waals surface area contributed by atoms with Crippen LogP contribution in [-0.4, -0.2) is 17.4 Å². The second-order valence-corrected chi connectivity index (χ2v) is 3.82. The predicted octanol–water partition coefficient (Wildman–Crippen LogP) is 2.29. The third-order valence-corrected chi connectivity index (χ3v) is 2.81. The van der Waals surface area contributed by atoms with Gasteiger partial charge in [-0.3, -0.25) is 0 Å². The smallest absolute Gasteiger partial charge is 0.205 e. The lowest BCUT2D eigenvalue weighted by Crippen LogP contribution is -2.26. The van der Waals surface area contributed by atoms with Crippen LogP contribution in [0.1, 0.15) is 12.8 Å². The van der Waals surface area contributed by atoms with E-state index in [0.29, 0.717) is 17.9 Å². The number of hydrogen-bond acceptors (Lipinski definition) is 2. The van der Waals surface area contributed by atoms with E-state index in [9.17, 15) is 8.78 Å². The average Bonchev–Trinajstić information content (AvgIpc) is 2.10. The van der Waals surface area contributed by atoms with Gasteiger partial charge in [-0.2, -0.15) is 17.0 Å². The fraction of sp³-hybridized carbons (Fsp3) is 0.857. The molecule has 0 amide bonds. The molecule has 0 saturated carbocycles. The van der Waals surface area contributed by atoms with Crippen molar-refractivity contribution in [2.45, 2.75) is 18.8 Å². The summed E-state index contributed by atoms with van der Waals surface area (Å²) in [7, 11) is 0.